The van der Waals surface area contributed by atoms with Gasteiger partial charge in [0, 0.05) is 23.6 Å². The minimum absolute atomic E-state index is 0.0465. The Labute approximate surface area is 183 Å². The summed E-state index contributed by atoms with van der Waals surface area (Å²) in [5.74, 6) is -0.422. The number of aromatic nitrogens is 1. The van der Waals surface area contributed by atoms with Gasteiger partial charge in [0.05, 0.1) is 11.4 Å². The van der Waals surface area contributed by atoms with Crippen molar-refractivity contribution >= 4 is 40.8 Å². The number of thioether (sulfide) groups is 1. The van der Waals surface area contributed by atoms with Crippen LogP contribution in [0.2, 0.25) is 0 Å². The molecule has 7 nitrogen and oxygen atoms in total. The van der Waals surface area contributed by atoms with Crippen molar-refractivity contribution in [1.29, 1.82) is 5.26 Å². The molecule has 0 saturated heterocycles. The zero-order chi connectivity index (χ0) is 21.8. The first kappa shape index (κ1) is 20.4. The van der Waals surface area contributed by atoms with E-state index in [9.17, 15) is 14.9 Å². The third-order valence-electron chi connectivity index (χ3n) is 4.94. The molecule has 1 aliphatic heterocycles. The predicted molar refractivity (Wildman–Crippen MR) is 121 cm³/mol. The van der Waals surface area contributed by atoms with Crippen LogP contribution in [0.4, 0.5) is 17.2 Å². The van der Waals surface area contributed by atoms with Gasteiger partial charge in [-0.1, -0.05) is 60.3 Å². The van der Waals surface area contributed by atoms with E-state index in [1.807, 2.05) is 48.5 Å². The molecule has 2 amide bonds. The lowest BCUT2D eigenvalue weighted by Gasteiger charge is -2.28. The molecule has 31 heavy (non-hydrogen) atoms. The summed E-state index contributed by atoms with van der Waals surface area (Å²) in [5.41, 5.74) is 9.14. The van der Waals surface area contributed by atoms with Crippen molar-refractivity contribution < 1.29 is 9.59 Å². The van der Waals surface area contributed by atoms with Gasteiger partial charge in [0.15, 0.2) is 0 Å². The van der Waals surface area contributed by atoms with Crippen LogP contribution < -0.4 is 16.4 Å². The number of carbonyl (C=O) groups excluding carboxylic acids is 2. The van der Waals surface area contributed by atoms with Crippen LogP contribution in [0.3, 0.4) is 0 Å². The molecule has 4 rings (SSSR count). The van der Waals surface area contributed by atoms with E-state index in [1.165, 1.54) is 0 Å². The minimum atomic E-state index is -0.287. The van der Waals surface area contributed by atoms with Gasteiger partial charge in [0.2, 0.25) is 11.8 Å². The minimum Gasteiger partial charge on any atom is -0.383 e. The number of nitrogens with zero attached hydrogens (tertiary/aromatic N) is 2. The van der Waals surface area contributed by atoms with Crippen molar-refractivity contribution in [2.75, 3.05) is 22.1 Å². The van der Waals surface area contributed by atoms with Gasteiger partial charge in [-0.25, -0.2) is 4.98 Å². The summed E-state index contributed by atoms with van der Waals surface area (Å²) in [6.45, 7) is 0. The standard InChI is InChI=1S/C23H19N5O2S/c24-12-17-21-20(16(11-18(29)27-21)14-7-3-1-4-8-14)22(25)28-23(17)31-13-19(30)26-15-9-5-2-6-10-15/h1-10,16H,11,13H2,(H2,25,28)(H,26,30)(H,27,29). The number of nitriles is 1. The fourth-order valence-corrected chi connectivity index (χ4v) is 4.38. The summed E-state index contributed by atoms with van der Waals surface area (Å²) in [6, 6.07) is 20.8. The average molecular weight is 430 g/mol. The monoisotopic (exact) mass is 429 g/mol. The molecule has 0 aliphatic carbocycles. The summed E-state index contributed by atoms with van der Waals surface area (Å²) < 4.78 is 0. The maximum Gasteiger partial charge on any atom is 0.234 e. The van der Waals surface area contributed by atoms with Gasteiger partial charge in [0.1, 0.15) is 22.5 Å². The highest BCUT2D eigenvalue weighted by atomic mass is 32.2. The van der Waals surface area contributed by atoms with Crippen molar-refractivity contribution in [3.8, 4) is 6.07 Å². The lowest BCUT2D eigenvalue weighted by atomic mass is 9.84. The number of nitrogens with one attached hydrogen (secondary N) is 2. The number of hydrogen-bond donors (Lipinski definition) is 3. The van der Waals surface area contributed by atoms with Crippen LogP contribution in [-0.2, 0) is 9.59 Å². The van der Waals surface area contributed by atoms with Crippen molar-refractivity contribution in [2.24, 2.45) is 0 Å². The number of para-hydroxylation sites is 1. The van der Waals surface area contributed by atoms with Gasteiger partial charge in [-0.2, -0.15) is 5.26 Å². The molecule has 154 valence electrons. The third kappa shape index (κ3) is 4.37. The van der Waals surface area contributed by atoms with E-state index in [4.69, 9.17) is 5.73 Å². The van der Waals surface area contributed by atoms with Gasteiger partial charge in [-0.15, -0.1) is 0 Å². The van der Waals surface area contributed by atoms with Crippen molar-refractivity contribution in [3.05, 3.63) is 77.4 Å². The lowest BCUT2D eigenvalue weighted by Crippen LogP contribution is -2.26. The third-order valence-corrected chi connectivity index (χ3v) is 5.92. The molecule has 0 spiro atoms. The Morgan fingerprint density at radius 1 is 1.19 bits per heavy atom. The number of anilines is 3. The lowest BCUT2D eigenvalue weighted by molar-refractivity contribution is -0.116. The maximum atomic E-state index is 12.4. The number of rotatable bonds is 5. The molecule has 1 aromatic heterocycles. The zero-order valence-corrected chi connectivity index (χ0v) is 17.3. The second-order valence-corrected chi connectivity index (χ2v) is 7.96. The first-order valence-corrected chi connectivity index (χ1v) is 10.6. The van der Waals surface area contributed by atoms with Crippen LogP contribution >= 0.6 is 11.8 Å². The fourth-order valence-electron chi connectivity index (χ4n) is 3.59. The second-order valence-electron chi connectivity index (χ2n) is 7.00. The highest BCUT2D eigenvalue weighted by molar-refractivity contribution is 8.00. The molecule has 0 fully saturated rings. The van der Waals surface area contributed by atoms with Crippen LogP contribution in [0.5, 0.6) is 0 Å². The molecule has 0 radical (unpaired) electrons. The molecule has 2 aromatic carbocycles. The van der Waals surface area contributed by atoms with Gasteiger partial charge in [-0.3, -0.25) is 9.59 Å². The predicted octanol–water partition coefficient (Wildman–Crippen LogP) is 3.74. The number of carbonyl (C=O) groups is 2. The summed E-state index contributed by atoms with van der Waals surface area (Å²) in [7, 11) is 0. The van der Waals surface area contributed by atoms with Crippen LogP contribution in [0.15, 0.2) is 65.7 Å². The fraction of sp³-hybridized carbons (Fsp3) is 0.130. The summed E-state index contributed by atoms with van der Waals surface area (Å²) >= 11 is 1.11. The van der Waals surface area contributed by atoms with Gasteiger partial charge < -0.3 is 16.4 Å². The molecule has 3 aromatic rings. The molecule has 8 heteroatoms. The smallest absolute Gasteiger partial charge is 0.234 e. The van der Waals surface area contributed by atoms with Crippen LogP contribution in [0.1, 0.15) is 29.0 Å². The van der Waals surface area contributed by atoms with E-state index >= 15 is 0 Å². The largest absolute Gasteiger partial charge is 0.383 e. The molecule has 0 saturated carbocycles. The molecular formula is C23H19N5O2S. The highest BCUT2D eigenvalue weighted by Crippen LogP contribution is 2.43. The van der Waals surface area contributed by atoms with Gasteiger partial charge >= 0.3 is 0 Å². The topological polar surface area (TPSA) is 121 Å². The number of nitrogens with two attached hydrogens (primary N) is 1. The summed E-state index contributed by atoms with van der Waals surface area (Å²) in [6.07, 6.45) is 0.222. The summed E-state index contributed by atoms with van der Waals surface area (Å²) in [5, 5.41) is 15.7. The molecule has 1 unspecified atom stereocenters. The van der Waals surface area contributed by atoms with E-state index < -0.39 is 0 Å². The van der Waals surface area contributed by atoms with Gasteiger partial charge in [-0.05, 0) is 17.7 Å². The Morgan fingerprint density at radius 2 is 1.87 bits per heavy atom. The quantitative estimate of drug-likeness (QED) is 0.531. The number of pyridine rings is 1. The Kier molecular flexibility index (Phi) is 5.87. The van der Waals surface area contributed by atoms with E-state index in [-0.39, 0.29) is 41.3 Å². The second kappa shape index (κ2) is 8.90. The van der Waals surface area contributed by atoms with Crippen molar-refractivity contribution in [3.63, 3.8) is 0 Å². The SMILES string of the molecule is N#Cc1c(SCC(=O)Nc2ccccc2)nc(N)c2c1NC(=O)CC2c1ccccc1. The number of amides is 2. The number of hydrogen-bond acceptors (Lipinski definition) is 6. The van der Waals surface area contributed by atoms with E-state index in [2.05, 4.69) is 21.7 Å². The normalized spacial score (nSPS) is 14.8. The van der Waals surface area contributed by atoms with E-state index in [0.717, 1.165) is 17.3 Å². The molecule has 0 bridgehead atoms. The average Bonchev–Trinajstić information content (AvgIpc) is 2.78. The first-order chi connectivity index (χ1) is 15.1. The van der Waals surface area contributed by atoms with E-state index in [1.54, 1.807) is 12.1 Å². The van der Waals surface area contributed by atoms with Crippen molar-refractivity contribution in [2.45, 2.75) is 17.4 Å². The first-order valence-electron chi connectivity index (χ1n) is 9.62. The molecule has 1 atom stereocenters. The summed E-state index contributed by atoms with van der Waals surface area (Å²) in [4.78, 5) is 29.1. The Balaban J connectivity index is 1.63. The molecule has 1 aliphatic rings. The number of benzene rings is 2. The molecular weight excluding hydrogens is 410 g/mol. The zero-order valence-electron chi connectivity index (χ0n) is 16.5. The van der Waals surface area contributed by atoms with E-state index in [0.29, 0.717) is 22.0 Å². The Hall–Kier alpha value is -3.83. The molecule has 2 heterocycles. The maximum absolute atomic E-state index is 12.4. The van der Waals surface area contributed by atoms with Crippen LogP contribution in [-0.4, -0.2) is 22.6 Å². The Morgan fingerprint density at radius 3 is 2.55 bits per heavy atom. The van der Waals surface area contributed by atoms with Crippen LogP contribution in [0, 0.1) is 11.3 Å². The van der Waals surface area contributed by atoms with Crippen LogP contribution in [0.25, 0.3) is 0 Å². The van der Waals surface area contributed by atoms with Gasteiger partial charge in [0.25, 0.3) is 0 Å². The Bertz CT molecular complexity index is 1180. The number of fused-ring (bicyclic) bond motifs is 1. The molecule has 4 N–H and O–H groups in total. The van der Waals surface area contributed by atoms with Crippen molar-refractivity contribution in [1.82, 2.24) is 4.98 Å². The highest BCUT2D eigenvalue weighted by Gasteiger charge is 2.32. The number of nitrogen functional groups attached to an aromatic ring is 1.